The van der Waals surface area contributed by atoms with Gasteiger partial charge in [-0.15, -0.1) is 0 Å². The second-order valence-corrected chi connectivity index (χ2v) is 18.0. The minimum Gasteiger partial charge on any atom is -0.462 e. The zero-order valence-corrected chi connectivity index (χ0v) is 29.5. The van der Waals surface area contributed by atoms with Crippen molar-refractivity contribution in [2.75, 3.05) is 13.2 Å². The fourth-order valence-corrected chi connectivity index (χ4v) is 13.4. The van der Waals surface area contributed by atoms with Crippen LogP contribution in [0, 0.1) is 56.7 Å². The van der Waals surface area contributed by atoms with Gasteiger partial charge in [0.05, 0.1) is 13.2 Å². The number of aliphatic hydroxyl groups is 4. The molecular formula is C38H62O8. The summed E-state index contributed by atoms with van der Waals surface area (Å²) in [6.07, 6.45) is 4.76. The van der Waals surface area contributed by atoms with Crippen LogP contribution in [-0.4, -0.2) is 76.4 Å². The third-order valence-corrected chi connectivity index (χ3v) is 15.9. The van der Waals surface area contributed by atoms with Crippen LogP contribution < -0.4 is 0 Å². The third kappa shape index (κ3) is 4.93. The van der Waals surface area contributed by atoms with E-state index in [0.717, 1.165) is 44.9 Å². The molecule has 15 atom stereocenters. The maximum atomic E-state index is 12.0. The van der Waals surface area contributed by atoms with E-state index in [0.29, 0.717) is 36.2 Å². The van der Waals surface area contributed by atoms with Crippen LogP contribution in [0.25, 0.3) is 0 Å². The highest BCUT2D eigenvalue weighted by molar-refractivity contribution is 5.66. The van der Waals surface area contributed by atoms with Crippen LogP contribution in [0.3, 0.4) is 0 Å². The molecule has 0 aromatic rings. The Morgan fingerprint density at radius 3 is 2.20 bits per heavy atom. The van der Waals surface area contributed by atoms with Gasteiger partial charge in [-0.05, 0) is 122 Å². The molecule has 8 nitrogen and oxygen atoms in total. The fraction of sp³-hybridized carbons (Fsp3) is 0.921. The first kappa shape index (κ1) is 34.8. The summed E-state index contributed by atoms with van der Waals surface area (Å²) < 4.78 is 18.1. The Balaban J connectivity index is 1.28. The normalized spacial score (nSPS) is 52.9. The molecular weight excluding hydrogens is 584 g/mol. The smallest absolute Gasteiger partial charge is 0.302 e. The van der Waals surface area contributed by atoms with Gasteiger partial charge in [0, 0.05) is 12.3 Å². The monoisotopic (exact) mass is 646 g/mol. The lowest BCUT2D eigenvalue weighted by molar-refractivity contribution is -0.311. The fourth-order valence-electron chi connectivity index (χ4n) is 13.4. The van der Waals surface area contributed by atoms with Gasteiger partial charge < -0.3 is 34.6 Å². The van der Waals surface area contributed by atoms with E-state index in [9.17, 15) is 25.2 Å². The van der Waals surface area contributed by atoms with E-state index in [4.69, 9.17) is 14.2 Å². The van der Waals surface area contributed by atoms with Crippen LogP contribution in [0.15, 0.2) is 12.2 Å². The van der Waals surface area contributed by atoms with Crippen molar-refractivity contribution < 1.29 is 39.4 Å². The average Bonchev–Trinajstić information content (AvgIpc) is 3.37. The van der Waals surface area contributed by atoms with Crippen LogP contribution >= 0.6 is 0 Å². The van der Waals surface area contributed by atoms with Crippen molar-refractivity contribution in [2.45, 2.75) is 149 Å². The maximum Gasteiger partial charge on any atom is 0.302 e. The lowest BCUT2D eigenvalue weighted by Gasteiger charge is -2.73. The van der Waals surface area contributed by atoms with Crippen molar-refractivity contribution in [1.29, 1.82) is 0 Å². The second-order valence-electron chi connectivity index (χ2n) is 18.0. The van der Waals surface area contributed by atoms with Gasteiger partial charge >= 0.3 is 5.97 Å². The van der Waals surface area contributed by atoms with Crippen LogP contribution in [0.2, 0.25) is 0 Å². The van der Waals surface area contributed by atoms with Crippen LogP contribution in [0.4, 0.5) is 0 Å². The quantitative estimate of drug-likeness (QED) is 0.224. The van der Waals surface area contributed by atoms with Gasteiger partial charge in [0.2, 0.25) is 0 Å². The lowest BCUT2D eigenvalue weighted by atomic mass is 9.32. The summed E-state index contributed by atoms with van der Waals surface area (Å²) in [6, 6.07) is 0. The molecule has 262 valence electrons. The van der Waals surface area contributed by atoms with Crippen LogP contribution in [-0.2, 0) is 19.0 Å². The zero-order chi connectivity index (χ0) is 33.6. The molecule has 0 amide bonds. The zero-order valence-electron chi connectivity index (χ0n) is 29.5. The van der Waals surface area contributed by atoms with E-state index in [1.54, 1.807) is 6.92 Å². The van der Waals surface area contributed by atoms with Gasteiger partial charge in [-0.2, -0.15) is 0 Å². The van der Waals surface area contributed by atoms with E-state index in [2.05, 4.69) is 48.1 Å². The number of carbonyl (C=O) groups excluding carboxylic acids is 1. The highest BCUT2D eigenvalue weighted by Crippen LogP contribution is 2.77. The molecule has 6 aliphatic rings. The Morgan fingerprint density at radius 2 is 1.54 bits per heavy atom. The number of fused-ring (bicyclic) bond motifs is 7. The summed E-state index contributed by atoms with van der Waals surface area (Å²) >= 11 is 0. The molecule has 8 heteroatoms. The highest BCUT2D eigenvalue weighted by Gasteiger charge is 2.71. The second kappa shape index (κ2) is 11.8. The molecule has 1 heterocycles. The van der Waals surface area contributed by atoms with Crippen molar-refractivity contribution in [3.05, 3.63) is 12.2 Å². The summed E-state index contributed by atoms with van der Waals surface area (Å²) in [4.78, 5) is 12.0. The summed E-state index contributed by atoms with van der Waals surface area (Å²) in [5, 5.41) is 41.2. The summed E-state index contributed by atoms with van der Waals surface area (Å²) in [7, 11) is 0. The van der Waals surface area contributed by atoms with E-state index < -0.39 is 37.3 Å². The van der Waals surface area contributed by atoms with E-state index in [-0.39, 0.29) is 39.1 Å². The molecule has 1 aliphatic heterocycles. The Hall–Kier alpha value is -1.03. The van der Waals surface area contributed by atoms with Crippen molar-refractivity contribution in [3.63, 3.8) is 0 Å². The molecule has 1 saturated heterocycles. The van der Waals surface area contributed by atoms with E-state index in [1.807, 2.05) is 0 Å². The Kier molecular flexibility index (Phi) is 8.93. The molecule has 0 bridgehead atoms. The van der Waals surface area contributed by atoms with Crippen molar-refractivity contribution in [2.24, 2.45) is 56.7 Å². The molecule has 5 saturated carbocycles. The standard InChI is InChI=1S/C38H62O8/c1-21(2)23-11-16-38(20-44-33-32(43)31(42)30(41)25(19-39)46-33)18-17-36(7)24(29(23)38)9-10-27-35(6)14-13-28(45-22(3)40)34(4,5)26(35)12-15-37(27,36)8/h23-33,39,41-43H,1,9-20H2,2-8H3/t23-,24+,25+,26-,27?,28-,29+,30+,31-,32+,33+,35-,36+,37+,38+/m0/s1. The lowest BCUT2D eigenvalue weighted by Crippen LogP contribution is -2.67. The molecule has 6 rings (SSSR count). The first-order valence-electron chi connectivity index (χ1n) is 18.2. The number of carbonyl (C=O) groups is 1. The predicted octanol–water partition coefficient (Wildman–Crippen LogP) is 5.39. The van der Waals surface area contributed by atoms with E-state index in [1.165, 1.54) is 24.8 Å². The van der Waals surface area contributed by atoms with Gasteiger partial charge in [0.15, 0.2) is 6.29 Å². The number of ether oxygens (including phenoxy) is 3. The van der Waals surface area contributed by atoms with Crippen LogP contribution in [0.1, 0.15) is 113 Å². The minimum absolute atomic E-state index is 0.0202. The predicted molar refractivity (Wildman–Crippen MR) is 174 cm³/mol. The summed E-state index contributed by atoms with van der Waals surface area (Å²) in [6.45, 7) is 20.7. The molecule has 1 unspecified atom stereocenters. The van der Waals surface area contributed by atoms with Gasteiger partial charge in [-0.3, -0.25) is 4.79 Å². The van der Waals surface area contributed by atoms with Gasteiger partial charge in [-0.1, -0.05) is 46.8 Å². The first-order valence-corrected chi connectivity index (χ1v) is 18.2. The number of aliphatic hydroxyl groups excluding tert-OH is 4. The third-order valence-electron chi connectivity index (χ3n) is 15.9. The van der Waals surface area contributed by atoms with Gasteiger partial charge in [0.1, 0.15) is 30.5 Å². The average molecular weight is 647 g/mol. The number of allylic oxidation sites excluding steroid dienone is 1. The Morgan fingerprint density at radius 1 is 0.826 bits per heavy atom. The molecule has 0 aromatic heterocycles. The number of rotatable bonds is 6. The molecule has 4 N–H and O–H groups in total. The number of hydrogen-bond acceptors (Lipinski definition) is 8. The van der Waals surface area contributed by atoms with Crippen LogP contribution in [0.5, 0.6) is 0 Å². The number of esters is 1. The van der Waals surface area contributed by atoms with E-state index >= 15 is 0 Å². The molecule has 0 spiro atoms. The largest absolute Gasteiger partial charge is 0.462 e. The molecule has 0 aromatic carbocycles. The highest BCUT2D eigenvalue weighted by atomic mass is 16.7. The van der Waals surface area contributed by atoms with Crippen molar-refractivity contribution >= 4 is 5.97 Å². The summed E-state index contributed by atoms with van der Waals surface area (Å²) in [5.41, 5.74) is 1.66. The number of hydrogen-bond donors (Lipinski definition) is 4. The van der Waals surface area contributed by atoms with Crippen molar-refractivity contribution in [1.82, 2.24) is 0 Å². The molecule has 0 radical (unpaired) electrons. The molecule has 5 aliphatic carbocycles. The Bertz CT molecular complexity index is 1190. The summed E-state index contributed by atoms with van der Waals surface area (Å²) in [5.74, 6) is 2.30. The maximum absolute atomic E-state index is 12.0. The first-order chi connectivity index (χ1) is 21.5. The molecule has 46 heavy (non-hydrogen) atoms. The molecule has 6 fully saturated rings. The Labute approximate surface area is 276 Å². The van der Waals surface area contributed by atoms with Crippen molar-refractivity contribution in [3.8, 4) is 0 Å². The minimum atomic E-state index is -1.44. The van der Waals surface area contributed by atoms with Gasteiger partial charge in [-0.25, -0.2) is 0 Å². The van der Waals surface area contributed by atoms with Gasteiger partial charge in [0.25, 0.3) is 0 Å². The topological polar surface area (TPSA) is 126 Å². The SMILES string of the molecule is C=C(C)[C@@H]1CC[C@]2(CO[C@@H]3O[C@H](CO)[C@@H](O)[C@H](O)[C@H]3O)CC[C@]3(C)[C@H](CCC4[C@@]5(C)CC[C@H](OC(C)=O)C(C)(C)[C@@H]5CC[C@]43C)[C@@H]12.